The minimum atomic E-state index is -0.845. The Bertz CT molecular complexity index is 615. The molecule has 1 aliphatic carbocycles. The van der Waals surface area contributed by atoms with E-state index in [2.05, 4.69) is 9.88 Å². The van der Waals surface area contributed by atoms with Gasteiger partial charge in [0.25, 0.3) is 0 Å². The molecule has 3 aliphatic rings. The molecule has 1 aromatic heterocycles. The van der Waals surface area contributed by atoms with Crippen molar-refractivity contribution in [2.24, 2.45) is 0 Å². The average molecular weight is 357 g/mol. The second-order valence-electron chi connectivity index (χ2n) is 8.51. The predicted octanol–water partition coefficient (Wildman–Crippen LogP) is 2.69. The molecule has 1 aromatic rings. The van der Waals surface area contributed by atoms with Crippen molar-refractivity contribution in [3.05, 3.63) is 30.1 Å². The van der Waals surface area contributed by atoms with Gasteiger partial charge in [-0.25, -0.2) is 0 Å². The van der Waals surface area contributed by atoms with E-state index < -0.39 is 5.60 Å². The summed E-state index contributed by atoms with van der Waals surface area (Å²) in [7, 11) is 1.98. The van der Waals surface area contributed by atoms with Crippen molar-refractivity contribution in [3.63, 3.8) is 0 Å². The molecule has 26 heavy (non-hydrogen) atoms. The van der Waals surface area contributed by atoms with Crippen LogP contribution in [0.1, 0.15) is 63.5 Å². The Morgan fingerprint density at radius 2 is 1.88 bits per heavy atom. The van der Waals surface area contributed by atoms with Crippen LogP contribution in [-0.4, -0.2) is 57.5 Å². The average Bonchev–Trinajstić information content (AvgIpc) is 2.92. The smallest absolute Gasteiger partial charge is 0.236 e. The van der Waals surface area contributed by atoms with E-state index in [1.54, 1.807) is 6.20 Å². The fourth-order valence-corrected chi connectivity index (χ4v) is 5.36. The van der Waals surface area contributed by atoms with Gasteiger partial charge in [0.2, 0.25) is 5.91 Å². The van der Waals surface area contributed by atoms with Crippen LogP contribution < -0.4 is 0 Å². The lowest BCUT2D eigenvalue weighted by Gasteiger charge is -2.44. The first-order valence-electron chi connectivity index (χ1n) is 10.2. The molecule has 1 amide bonds. The van der Waals surface area contributed by atoms with Crippen molar-refractivity contribution in [3.8, 4) is 0 Å². The molecule has 3 heterocycles. The Hall–Kier alpha value is -1.46. The van der Waals surface area contributed by atoms with E-state index in [4.69, 9.17) is 0 Å². The minimum Gasteiger partial charge on any atom is -0.383 e. The van der Waals surface area contributed by atoms with Gasteiger partial charge in [0.05, 0.1) is 12.2 Å². The zero-order chi connectivity index (χ0) is 18.1. The summed E-state index contributed by atoms with van der Waals surface area (Å²) in [6.07, 6.45) is 11.3. The third kappa shape index (κ3) is 3.39. The lowest BCUT2D eigenvalue weighted by atomic mass is 9.83. The number of nitrogens with zero attached hydrogens (tertiary/aromatic N) is 3. The van der Waals surface area contributed by atoms with Gasteiger partial charge in [-0.2, -0.15) is 0 Å². The molecule has 1 N–H and O–H groups in total. The van der Waals surface area contributed by atoms with Crippen LogP contribution in [0.25, 0.3) is 0 Å². The van der Waals surface area contributed by atoms with Crippen LogP contribution in [-0.2, 0) is 10.4 Å². The van der Waals surface area contributed by atoms with Crippen molar-refractivity contribution in [1.29, 1.82) is 0 Å². The third-order valence-corrected chi connectivity index (χ3v) is 6.89. The van der Waals surface area contributed by atoms with E-state index in [-0.39, 0.29) is 18.0 Å². The van der Waals surface area contributed by atoms with Crippen molar-refractivity contribution in [1.82, 2.24) is 14.8 Å². The number of hydrogen-bond donors (Lipinski definition) is 1. The van der Waals surface area contributed by atoms with Crippen molar-refractivity contribution < 1.29 is 9.90 Å². The molecule has 2 saturated heterocycles. The number of amides is 1. The standard InChI is InChI=1S/C21H31N3O2/c1-23(16-7-3-2-4-8-16)20(25)15-24-17-10-11-18(24)14-21(26,13-17)19-9-5-6-12-22-19/h5-6,9,12,16-18,26H,2-4,7-8,10-11,13-15H2,1H3/t17-,18-/m1/s1. The Morgan fingerprint density at radius 1 is 1.19 bits per heavy atom. The summed E-state index contributed by atoms with van der Waals surface area (Å²) in [4.78, 5) is 21.6. The summed E-state index contributed by atoms with van der Waals surface area (Å²) in [6, 6.07) is 6.74. The van der Waals surface area contributed by atoms with E-state index in [9.17, 15) is 9.90 Å². The van der Waals surface area contributed by atoms with E-state index in [0.29, 0.717) is 25.4 Å². The van der Waals surface area contributed by atoms with Gasteiger partial charge in [-0.05, 0) is 50.7 Å². The molecule has 0 spiro atoms. The Kier molecular flexibility index (Phi) is 5.02. The SMILES string of the molecule is CN(C(=O)CN1[C@@H]2CC[C@@H]1CC(O)(c1ccccn1)C2)C1CCCCC1. The topological polar surface area (TPSA) is 56.7 Å². The van der Waals surface area contributed by atoms with E-state index in [0.717, 1.165) is 31.4 Å². The fourth-order valence-electron chi connectivity index (χ4n) is 5.36. The van der Waals surface area contributed by atoms with Crippen molar-refractivity contribution in [2.75, 3.05) is 13.6 Å². The maximum atomic E-state index is 12.9. The molecule has 2 bridgehead atoms. The Balaban J connectivity index is 1.41. The molecule has 0 unspecified atom stereocenters. The Morgan fingerprint density at radius 3 is 2.50 bits per heavy atom. The molecule has 0 aromatic carbocycles. The van der Waals surface area contributed by atoms with Crippen LogP contribution in [0.5, 0.6) is 0 Å². The highest BCUT2D eigenvalue weighted by Gasteiger charge is 2.49. The molecule has 5 nitrogen and oxygen atoms in total. The maximum absolute atomic E-state index is 12.9. The molecule has 4 rings (SSSR count). The summed E-state index contributed by atoms with van der Waals surface area (Å²) in [5.41, 5.74) is -0.0655. The number of hydrogen-bond acceptors (Lipinski definition) is 4. The monoisotopic (exact) mass is 357 g/mol. The van der Waals surface area contributed by atoms with E-state index in [1.165, 1.54) is 19.3 Å². The number of likely N-dealkylation sites (N-methyl/N-ethyl adjacent to an activating group) is 1. The van der Waals surface area contributed by atoms with Crippen LogP contribution in [0.15, 0.2) is 24.4 Å². The van der Waals surface area contributed by atoms with Crippen molar-refractivity contribution in [2.45, 2.75) is 81.5 Å². The zero-order valence-corrected chi connectivity index (χ0v) is 15.8. The third-order valence-electron chi connectivity index (χ3n) is 6.89. The number of carbonyl (C=O) groups excluding carboxylic acids is 1. The number of fused-ring (bicyclic) bond motifs is 2. The fraction of sp³-hybridized carbons (Fsp3) is 0.714. The molecular weight excluding hydrogens is 326 g/mol. The molecular formula is C21H31N3O2. The van der Waals surface area contributed by atoms with Crippen LogP contribution in [0.4, 0.5) is 0 Å². The molecule has 5 heteroatoms. The first kappa shape index (κ1) is 17.9. The first-order chi connectivity index (χ1) is 12.6. The maximum Gasteiger partial charge on any atom is 0.236 e. The lowest BCUT2D eigenvalue weighted by Crippen LogP contribution is -2.53. The number of carbonyl (C=O) groups is 1. The second kappa shape index (κ2) is 7.28. The number of aliphatic hydroxyl groups is 1. The highest BCUT2D eigenvalue weighted by Crippen LogP contribution is 2.45. The largest absolute Gasteiger partial charge is 0.383 e. The molecule has 3 fully saturated rings. The molecule has 0 radical (unpaired) electrons. The Labute approximate surface area is 156 Å². The van der Waals surface area contributed by atoms with Gasteiger partial charge in [0.1, 0.15) is 5.60 Å². The number of rotatable bonds is 4. The predicted molar refractivity (Wildman–Crippen MR) is 101 cm³/mol. The highest BCUT2D eigenvalue weighted by molar-refractivity contribution is 5.78. The van der Waals surface area contributed by atoms with Crippen LogP contribution >= 0.6 is 0 Å². The molecule has 142 valence electrons. The quantitative estimate of drug-likeness (QED) is 0.900. The van der Waals surface area contributed by atoms with Crippen molar-refractivity contribution >= 4 is 5.91 Å². The number of aromatic nitrogens is 1. The zero-order valence-electron chi connectivity index (χ0n) is 15.8. The van der Waals surface area contributed by atoms with Gasteiger partial charge in [-0.1, -0.05) is 25.3 Å². The van der Waals surface area contributed by atoms with E-state index in [1.807, 2.05) is 30.1 Å². The summed E-state index contributed by atoms with van der Waals surface area (Å²) in [5.74, 6) is 0.247. The second-order valence-corrected chi connectivity index (χ2v) is 8.51. The lowest BCUT2D eigenvalue weighted by molar-refractivity contribution is -0.137. The summed E-state index contributed by atoms with van der Waals surface area (Å²) in [5, 5.41) is 11.2. The van der Waals surface area contributed by atoms with Gasteiger partial charge < -0.3 is 10.0 Å². The number of piperidine rings is 1. The highest BCUT2D eigenvalue weighted by atomic mass is 16.3. The number of pyridine rings is 1. The summed E-state index contributed by atoms with van der Waals surface area (Å²) >= 11 is 0. The molecule has 1 saturated carbocycles. The van der Waals surface area contributed by atoms with Gasteiger partial charge >= 0.3 is 0 Å². The van der Waals surface area contributed by atoms with Gasteiger partial charge in [0, 0.05) is 31.4 Å². The normalized spacial score (nSPS) is 32.5. The summed E-state index contributed by atoms with van der Waals surface area (Å²) < 4.78 is 0. The minimum absolute atomic E-state index is 0.247. The summed E-state index contributed by atoms with van der Waals surface area (Å²) in [6.45, 7) is 0.501. The molecule has 2 atom stereocenters. The van der Waals surface area contributed by atoms with Gasteiger partial charge in [0.15, 0.2) is 0 Å². The van der Waals surface area contributed by atoms with Crippen LogP contribution in [0, 0.1) is 0 Å². The molecule has 2 aliphatic heterocycles. The van der Waals surface area contributed by atoms with E-state index >= 15 is 0 Å². The first-order valence-corrected chi connectivity index (χ1v) is 10.2. The van der Waals surface area contributed by atoms with Crippen LogP contribution in [0.3, 0.4) is 0 Å². The van der Waals surface area contributed by atoms with Crippen LogP contribution in [0.2, 0.25) is 0 Å². The van der Waals surface area contributed by atoms with Gasteiger partial charge in [-0.3, -0.25) is 14.7 Å². The van der Waals surface area contributed by atoms with Gasteiger partial charge in [-0.15, -0.1) is 0 Å².